The monoisotopic (exact) mass is 242 g/mol. The van der Waals surface area contributed by atoms with Crippen molar-refractivity contribution in [3.05, 3.63) is 29.3 Å². The molecule has 92 valence electrons. The van der Waals surface area contributed by atoms with Crippen LogP contribution in [0.5, 0.6) is 0 Å². The van der Waals surface area contributed by atoms with E-state index in [0.29, 0.717) is 24.2 Å². The molecule has 0 aromatic heterocycles. The summed E-state index contributed by atoms with van der Waals surface area (Å²) in [5, 5.41) is 20.3. The van der Waals surface area contributed by atoms with Gasteiger partial charge in [0, 0.05) is 12.1 Å². The van der Waals surface area contributed by atoms with E-state index in [1.165, 1.54) is 12.1 Å². The maximum absolute atomic E-state index is 11.5. The number of rotatable bonds is 5. The SMILES string of the molecule is N#Cc1ccc(NC(=O)CCCCN)cc1C#N. The summed E-state index contributed by atoms with van der Waals surface area (Å²) in [7, 11) is 0. The second-order valence-electron chi connectivity index (χ2n) is 3.78. The third-order valence-corrected chi connectivity index (χ3v) is 2.40. The zero-order chi connectivity index (χ0) is 13.4. The second-order valence-corrected chi connectivity index (χ2v) is 3.78. The number of nitrogens with zero attached hydrogens (tertiary/aromatic N) is 2. The van der Waals surface area contributed by atoms with E-state index in [1.807, 2.05) is 12.1 Å². The number of hydrogen-bond donors (Lipinski definition) is 2. The average Bonchev–Trinajstić information content (AvgIpc) is 2.39. The van der Waals surface area contributed by atoms with Gasteiger partial charge in [0.05, 0.1) is 11.1 Å². The van der Waals surface area contributed by atoms with Crippen molar-refractivity contribution in [2.75, 3.05) is 11.9 Å². The van der Waals surface area contributed by atoms with Crippen molar-refractivity contribution >= 4 is 11.6 Å². The Morgan fingerprint density at radius 1 is 1.22 bits per heavy atom. The van der Waals surface area contributed by atoms with Gasteiger partial charge in [-0.25, -0.2) is 0 Å². The van der Waals surface area contributed by atoms with Crippen molar-refractivity contribution in [1.82, 2.24) is 0 Å². The van der Waals surface area contributed by atoms with Gasteiger partial charge in [-0.1, -0.05) is 0 Å². The highest BCUT2D eigenvalue weighted by molar-refractivity contribution is 5.91. The summed E-state index contributed by atoms with van der Waals surface area (Å²) in [5.41, 5.74) is 6.44. The molecule has 0 saturated heterocycles. The molecule has 0 bridgehead atoms. The van der Waals surface area contributed by atoms with Gasteiger partial charge in [0.2, 0.25) is 5.91 Å². The number of carbonyl (C=O) groups is 1. The molecule has 1 aromatic rings. The molecule has 3 N–H and O–H groups in total. The van der Waals surface area contributed by atoms with Gasteiger partial charge in [-0.2, -0.15) is 10.5 Å². The predicted octanol–water partition coefficient (Wildman–Crippen LogP) is 1.50. The van der Waals surface area contributed by atoms with E-state index in [0.717, 1.165) is 12.8 Å². The highest BCUT2D eigenvalue weighted by atomic mass is 16.1. The molecule has 0 heterocycles. The van der Waals surface area contributed by atoms with Crippen LogP contribution in [-0.4, -0.2) is 12.5 Å². The molecule has 5 nitrogen and oxygen atoms in total. The van der Waals surface area contributed by atoms with E-state index in [4.69, 9.17) is 16.3 Å². The molecule has 0 aliphatic heterocycles. The lowest BCUT2D eigenvalue weighted by Crippen LogP contribution is -2.12. The van der Waals surface area contributed by atoms with E-state index >= 15 is 0 Å². The van der Waals surface area contributed by atoms with E-state index in [-0.39, 0.29) is 11.5 Å². The maximum atomic E-state index is 11.5. The van der Waals surface area contributed by atoms with Gasteiger partial charge in [0.15, 0.2) is 0 Å². The molecular weight excluding hydrogens is 228 g/mol. The van der Waals surface area contributed by atoms with Gasteiger partial charge in [-0.15, -0.1) is 0 Å². The first-order chi connectivity index (χ1) is 8.71. The van der Waals surface area contributed by atoms with E-state index in [2.05, 4.69) is 5.32 Å². The first-order valence-electron chi connectivity index (χ1n) is 5.65. The molecule has 5 heteroatoms. The summed E-state index contributed by atoms with van der Waals surface area (Å²) in [5.74, 6) is -0.114. The Balaban J connectivity index is 2.66. The Hall–Kier alpha value is -2.37. The molecule has 0 atom stereocenters. The number of nitrogens with one attached hydrogen (secondary N) is 1. The van der Waals surface area contributed by atoms with Crippen molar-refractivity contribution in [3.63, 3.8) is 0 Å². The average molecular weight is 242 g/mol. The van der Waals surface area contributed by atoms with Crippen LogP contribution in [0.15, 0.2) is 18.2 Å². The molecule has 0 aliphatic carbocycles. The van der Waals surface area contributed by atoms with E-state index in [1.54, 1.807) is 6.07 Å². The molecule has 0 fully saturated rings. The van der Waals surface area contributed by atoms with Crippen LogP contribution in [0.3, 0.4) is 0 Å². The number of unbranched alkanes of at least 4 members (excludes halogenated alkanes) is 1. The molecule has 0 radical (unpaired) electrons. The Bertz CT molecular complexity index is 511. The van der Waals surface area contributed by atoms with Gasteiger partial charge >= 0.3 is 0 Å². The molecular formula is C13H14N4O. The number of benzene rings is 1. The zero-order valence-corrected chi connectivity index (χ0v) is 9.94. The molecule has 1 amide bonds. The Kier molecular flexibility index (Phi) is 5.37. The Morgan fingerprint density at radius 3 is 2.56 bits per heavy atom. The number of carbonyl (C=O) groups excluding carboxylic acids is 1. The molecule has 0 aliphatic rings. The van der Waals surface area contributed by atoms with Gasteiger partial charge in [0.25, 0.3) is 0 Å². The lowest BCUT2D eigenvalue weighted by Gasteiger charge is -2.05. The Labute approximate surface area is 106 Å². The fraction of sp³-hybridized carbons (Fsp3) is 0.308. The molecule has 1 rings (SSSR count). The first kappa shape index (κ1) is 13.7. The van der Waals surface area contributed by atoms with Gasteiger partial charge in [-0.3, -0.25) is 4.79 Å². The smallest absolute Gasteiger partial charge is 0.224 e. The third kappa shape index (κ3) is 3.89. The second kappa shape index (κ2) is 7.05. The van der Waals surface area contributed by atoms with E-state index in [9.17, 15) is 4.79 Å². The standard InChI is InChI=1S/C13H14N4O/c14-6-2-1-3-13(18)17-12-5-4-10(8-15)11(7-12)9-16/h4-5,7H,1-3,6,14H2,(H,17,18). The number of anilines is 1. The van der Waals surface area contributed by atoms with Gasteiger partial charge < -0.3 is 11.1 Å². The number of hydrogen-bond acceptors (Lipinski definition) is 4. The van der Waals surface area contributed by atoms with Crippen LogP contribution in [0.4, 0.5) is 5.69 Å². The lowest BCUT2D eigenvalue weighted by atomic mass is 10.1. The first-order valence-corrected chi connectivity index (χ1v) is 5.65. The molecule has 0 spiro atoms. The highest BCUT2D eigenvalue weighted by Gasteiger charge is 2.05. The summed E-state index contributed by atoms with van der Waals surface area (Å²) in [6.45, 7) is 0.572. The summed E-state index contributed by atoms with van der Waals surface area (Å²) < 4.78 is 0. The van der Waals surface area contributed by atoms with Crippen LogP contribution in [0.2, 0.25) is 0 Å². The summed E-state index contributed by atoms with van der Waals surface area (Å²) >= 11 is 0. The fourth-order valence-corrected chi connectivity index (χ4v) is 1.47. The van der Waals surface area contributed by atoms with Crippen molar-refractivity contribution in [2.45, 2.75) is 19.3 Å². The van der Waals surface area contributed by atoms with Crippen LogP contribution in [0.1, 0.15) is 30.4 Å². The summed E-state index contributed by atoms with van der Waals surface area (Å²) in [6, 6.07) is 8.47. The number of amides is 1. The lowest BCUT2D eigenvalue weighted by molar-refractivity contribution is -0.116. The minimum absolute atomic E-state index is 0.114. The summed E-state index contributed by atoms with van der Waals surface area (Å²) in [4.78, 5) is 11.5. The van der Waals surface area contributed by atoms with E-state index < -0.39 is 0 Å². The van der Waals surface area contributed by atoms with Gasteiger partial charge in [0.1, 0.15) is 12.1 Å². The third-order valence-electron chi connectivity index (χ3n) is 2.40. The number of nitriles is 2. The topological polar surface area (TPSA) is 103 Å². The largest absolute Gasteiger partial charge is 0.330 e. The predicted molar refractivity (Wildman–Crippen MR) is 67.4 cm³/mol. The normalized spacial score (nSPS) is 9.28. The molecule has 0 unspecified atom stereocenters. The maximum Gasteiger partial charge on any atom is 0.224 e. The van der Waals surface area contributed by atoms with Gasteiger partial charge in [-0.05, 0) is 37.6 Å². The Morgan fingerprint density at radius 2 is 1.94 bits per heavy atom. The van der Waals surface area contributed by atoms with Crippen LogP contribution in [-0.2, 0) is 4.79 Å². The fourth-order valence-electron chi connectivity index (χ4n) is 1.47. The van der Waals surface area contributed by atoms with Crippen molar-refractivity contribution in [1.29, 1.82) is 10.5 Å². The quantitative estimate of drug-likeness (QED) is 0.763. The summed E-state index contributed by atoms with van der Waals surface area (Å²) in [6.07, 6.45) is 1.95. The highest BCUT2D eigenvalue weighted by Crippen LogP contribution is 2.15. The van der Waals surface area contributed by atoms with Crippen molar-refractivity contribution < 1.29 is 4.79 Å². The van der Waals surface area contributed by atoms with Crippen LogP contribution in [0.25, 0.3) is 0 Å². The molecule has 1 aromatic carbocycles. The molecule has 0 saturated carbocycles. The molecule has 18 heavy (non-hydrogen) atoms. The van der Waals surface area contributed by atoms with Crippen LogP contribution in [0, 0.1) is 22.7 Å². The van der Waals surface area contributed by atoms with Crippen molar-refractivity contribution in [2.24, 2.45) is 5.73 Å². The van der Waals surface area contributed by atoms with Crippen LogP contribution < -0.4 is 11.1 Å². The minimum Gasteiger partial charge on any atom is -0.330 e. The zero-order valence-electron chi connectivity index (χ0n) is 9.94. The van der Waals surface area contributed by atoms with Crippen LogP contribution >= 0.6 is 0 Å². The van der Waals surface area contributed by atoms with Crippen molar-refractivity contribution in [3.8, 4) is 12.1 Å². The number of nitrogens with two attached hydrogens (primary N) is 1. The minimum atomic E-state index is -0.114.